The molecule has 2 saturated heterocycles. The van der Waals surface area contributed by atoms with Crippen molar-refractivity contribution in [2.45, 2.75) is 32.0 Å². The predicted octanol–water partition coefficient (Wildman–Crippen LogP) is 2.04. The van der Waals surface area contributed by atoms with E-state index in [1.807, 2.05) is 31.2 Å². The van der Waals surface area contributed by atoms with Gasteiger partial charge in [0.25, 0.3) is 0 Å². The molecule has 0 aliphatic carbocycles. The van der Waals surface area contributed by atoms with E-state index in [9.17, 15) is 4.79 Å². The Morgan fingerprint density at radius 3 is 2.61 bits per heavy atom. The second-order valence-corrected chi connectivity index (χ2v) is 5.39. The third kappa shape index (κ3) is 2.33. The van der Waals surface area contributed by atoms with Crippen LogP contribution in [0, 0.1) is 6.92 Å². The normalized spacial score (nSPS) is 27.4. The van der Waals surface area contributed by atoms with E-state index < -0.39 is 0 Å². The molecule has 2 unspecified atom stereocenters. The molecule has 18 heavy (non-hydrogen) atoms. The number of fused-ring (bicyclic) bond motifs is 2. The number of hydrogen-bond donors (Lipinski definition) is 0. The van der Waals surface area contributed by atoms with Gasteiger partial charge in [0.15, 0.2) is 5.78 Å². The van der Waals surface area contributed by atoms with Crippen LogP contribution in [0.4, 0.5) is 0 Å². The number of morpholine rings is 1. The summed E-state index contributed by atoms with van der Waals surface area (Å²) in [6.45, 7) is 4.35. The van der Waals surface area contributed by atoms with Crippen LogP contribution in [0.1, 0.15) is 28.8 Å². The number of hydrogen-bond acceptors (Lipinski definition) is 3. The summed E-state index contributed by atoms with van der Waals surface area (Å²) in [5.74, 6) is 0.231. The first-order valence-electron chi connectivity index (χ1n) is 6.69. The molecule has 2 aliphatic heterocycles. The van der Waals surface area contributed by atoms with Crippen molar-refractivity contribution in [2.75, 3.05) is 19.6 Å². The molecule has 0 N–H and O–H groups in total. The van der Waals surface area contributed by atoms with E-state index in [2.05, 4.69) is 4.90 Å². The summed E-state index contributed by atoms with van der Waals surface area (Å²) in [4.78, 5) is 14.5. The highest BCUT2D eigenvalue weighted by Gasteiger charge is 2.34. The molecular weight excluding hydrogens is 226 g/mol. The summed E-state index contributed by atoms with van der Waals surface area (Å²) < 4.78 is 5.79. The Hall–Kier alpha value is -1.19. The summed E-state index contributed by atoms with van der Waals surface area (Å²) in [5, 5.41) is 0. The molecule has 96 valence electrons. The first-order valence-corrected chi connectivity index (χ1v) is 6.69. The number of carbonyl (C=O) groups excluding carboxylic acids is 1. The molecule has 0 spiro atoms. The van der Waals surface area contributed by atoms with E-state index >= 15 is 0 Å². The molecule has 3 nitrogen and oxygen atoms in total. The van der Waals surface area contributed by atoms with Crippen LogP contribution in [-0.2, 0) is 4.74 Å². The summed E-state index contributed by atoms with van der Waals surface area (Å²) in [6.07, 6.45) is 3.02. The fourth-order valence-electron chi connectivity index (χ4n) is 3.00. The Morgan fingerprint density at radius 2 is 1.94 bits per heavy atom. The Kier molecular flexibility index (Phi) is 3.18. The van der Waals surface area contributed by atoms with Gasteiger partial charge in [-0.1, -0.05) is 24.3 Å². The number of rotatable bonds is 3. The van der Waals surface area contributed by atoms with Crippen LogP contribution in [0.25, 0.3) is 0 Å². The van der Waals surface area contributed by atoms with Gasteiger partial charge >= 0.3 is 0 Å². The highest BCUT2D eigenvalue weighted by atomic mass is 16.5. The maximum Gasteiger partial charge on any atom is 0.177 e. The average Bonchev–Trinajstić information content (AvgIpc) is 2.69. The average molecular weight is 245 g/mol. The van der Waals surface area contributed by atoms with Crippen LogP contribution in [0.3, 0.4) is 0 Å². The van der Waals surface area contributed by atoms with Crippen molar-refractivity contribution in [3.63, 3.8) is 0 Å². The zero-order valence-electron chi connectivity index (χ0n) is 10.8. The monoisotopic (exact) mass is 245 g/mol. The smallest absolute Gasteiger partial charge is 0.177 e. The second-order valence-electron chi connectivity index (χ2n) is 5.39. The highest BCUT2D eigenvalue weighted by molar-refractivity contribution is 5.98. The Bertz CT molecular complexity index is 446. The first-order chi connectivity index (χ1) is 8.72. The van der Waals surface area contributed by atoms with Gasteiger partial charge in [-0.3, -0.25) is 9.69 Å². The number of nitrogens with zero attached hydrogens (tertiary/aromatic N) is 1. The van der Waals surface area contributed by atoms with Crippen LogP contribution < -0.4 is 0 Å². The van der Waals surface area contributed by atoms with Crippen LogP contribution >= 0.6 is 0 Å². The molecule has 2 atom stereocenters. The van der Waals surface area contributed by atoms with Gasteiger partial charge < -0.3 is 4.74 Å². The molecule has 1 aromatic rings. The minimum absolute atomic E-state index is 0.231. The molecule has 1 aromatic carbocycles. The van der Waals surface area contributed by atoms with Crippen LogP contribution in [-0.4, -0.2) is 42.5 Å². The van der Waals surface area contributed by atoms with E-state index in [4.69, 9.17) is 4.74 Å². The van der Waals surface area contributed by atoms with Crippen molar-refractivity contribution in [1.29, 1.82) is 0 Å². The van der Waals surface area contributed by atoms with Crippen molar-refractivity contribution < 1.29 is 9.53 Å². The summed E-state index contributed by atoms with van der Waals surface area (Å²) in [5.41, 5.74) is 1.93. The standard InChI is InChI=1S/C15H19NO2/c1-11-4-2-3-5-14(11)15(17)10-16-8-12-6-7-13(9-16)18-12/h2-5,12-13H,6-10H2,1H3. The van der Waals surface area contributed by atoms with E-state index in [1.54, 1.807) is 0 Å². The summed E-state index contributed by atoms with van der Waals surface area (Å²) >= 11 is 0. The third-order valence-electron chi connectivity index (χ3n) is 3.93. The Labute approximate surface area is 108 Å². The lowest BCUT2D eigenvalue weighted by Gasteiger charge is -2.31. The van der Waals surface area contributed by atoms with Crippen LogP contribution in [0.2, 0.25) is 0 Å². The van der Waals surface area contributed by atoms with Crippen molar-refractivity contribution in [2.24, 2.45) is 0 Å². The Morgan fingerprint density at radius 1 is 1.28 bits per heavy atom. The molecule has 0 radical (unpaired) electrons. The lowest BCUT2D eigenvalue weighted by molar-refractivity contribution is -0.0355. The lowest BCUT2D eigenvalue weighted by atomic mass is 10.0. The van der Waals surface area contributed by atoms with E-state index in [0.717, 1.165) is 37.1 Å². The molecule has 2 bridgehead atoms. The molecule has 0 saturated carbocycles. The van der Waals surface area contributed by atoms with E-state index in [1.165, 1.54) is 0 Å². The molecule has 0 amide bonds. The van der Waals surface area contributed by atoms with Gasteiger partial charge in [-0.15, -0.1) is 0 Å². The van der Waals surface area contributed by atoms with Crippen molar-refractivity contribution in [3.8, 4) is 0 Å². The highest BCUT2D eigenvalue weighted by Crippen LogP contribution is 2.26. The number of ketones is 1. The summed E-state index contributed by atoms with van der Waals surface area (Å²) in [7, 11) is 0. The third-order valence-corrected chi connectivity index (χ3v) is 3.93. The molecule has 2 aliphatic rings. The zero-order chi connectivity index (χ0) is 12.5. The first kappa shape index (κ1) is 11.9. The number of likely N-dealkylation sites (tertiary alicyclic amines) is 1. The molecule has 2 heterocycles. The quantitative estimate of drug-likeness (QED) is 0.763. The Balaban J connectivity index is 1.66. The molecule has 3 rings (SSSR count). The largest absolute Gasteiger partial charge is 0.372 e. The van der Waals surface area contributed by atoms with E-state index in [-0.39, 0.29) is 5.78 Å². The number of ether oxygens (including phenoxy) is 1. The molecule has 3 heteroatoms. The van der Waals surface area contributed by atoms with Gasteiger partial charge in [0.1, 0.15) is 0 Å². The fourth-order valence-corrected chi connectivity index (χ4v) is 3.00. The predicted molar refractivity (Wildman–Crippen MR) is 69.8 cm³/mol. The van der Waals surface area contributed by atoms with Gasteiger partial charge in [0.05, 0.1) is 18.8 Å². The number of Topliss-reactive ketones (excluding diaryl/α,β-unsaturated/α-hetero) is 1. The maximum absolute atomic E-state index is 12.3. The van der Waals surface area contributed by atoms with Crippen molar-refractivity contribution in [1.82, 2.24) is 4.90 Å². The molecule has 0 aromatic heterocycles. The van der Waals surface area contributed by atoms with Gasteiger partial charge in [-0.25, -0.2) is 0 Å². The van der Waals surface area contributed by atoms with Crippen LogP contribution in [0.15, 0.2) is 24.3 Å². The maximum atomic E-state index is 12.3. The molecule has 2 fully saturated rings. The lowest BCUT2D eigenvalue weighted by Crippen LogP contribution is -2.44. The van der Waals surface area contributed by atoms with Crippen molar-refractivity contribution >= 4 is 5.78 Å². The number of benzene rings is 1. The SMILES string of the molecule is Cc1ccccc1C(=O)CN1CC2CCC(C1)O2. The number of carbonyl (C=O) groups is 1. The summed E-state index contributed by atoms with van der Waals surface area (Å²) in [6, 6.07) is 7.83. The van der Waals surface area contributed by atoms with Gasteiger partial charge in [0, 0.05) is 18.7 Å². The van der Waals surface area contributed by atoms with Crippen LogP contribution in [0.5, 0.6) is 0 Å². The minimum atomic E-state index is 0.231. The number of aryl methyl sites for hydroxylation is 1. The molecular formula is C15H19NO2. The zero-order valence-corrected chi connectivity index (χ0v) is 10.8. The van der Waals surface area contributed by atoms with Crippen molar-refractivity contribution in [3.05, 3.63) is 35.4 Å². The topological polar surface area (TPSA) is 29.5 Å². The van der Waals surface area contributed by atoms with Gasteiger partial charge in [0.2, 0.25) is 0 Å². The van der Waals surface area contributed by atoms with Gasteiger partial charge in [-0.2, -0.15) is 0 Å². The second kappa shape index (κ2) is 4.82. The minimum Gasteiger partial charge on any atom is -0.372 e. The fraction of sp³-hybridized carbons (Fsp3) is 0.533. The van der Waals surface area contributed by atoms with E-state index in [0.29, 0.717) is 18.8 Å². The van der Waals surface area contributed by atoms with Gasteiger partial charge in [-0.05, 0) is 25.3 Å².